The number of fused-ring (bicyclic) bond motifs is 2. The molecule has 38 heavy (non-hydrogen) atoms. The summed E-state index contributed by atoms with van der Waals surface area (Å²) in [5.41, 5.74) is 6.12. The van der Waals surface area contributed by atoms with E-state index < -0.39 is 0 Å². The minimum Gasteiger partial charge on any atom is -0.481 e. The second-order valence-electron chi connectivity index (χ2n) is 9.30. The fraction of sp³-hybridized carbons (Fsp3) is 0.370. The molecule has 2 aromatic heterocycles. The van der Waals surface area contributed by atoms with Gasteiger partial charge in [-0.2, -0.15) is 0 Å². The third-order valence-corrected chi connectivity index (χ3v) is 6.91. The third-order valence-electron chi connectivity index (χ3n) is 6.91. The summed E-state index contributed by atoms with van der Waals surface area (Å²) in [5.74, 6) is 1.17. The van der Waals surface area contributed by atoms with Crippen molar-refractivity contribution in [3.8, 4) is 17.0 Å². The van der Waals surface area contributed by atoms with Crippen LogP contribution >= 0.6 is 0 Å². The first-order valence-corrected chi connectivity index (χ1v) is 13.0. The number of aromatic nitrogens is 5. The molecule has 4 aromatic rings. The molecule has 0 saturated carbocycles. The van der Waals surface area contributed by atoms with E-state index in [9.17, 15) is 4.79 Å². The Kier molecular flexibility index (Phi) is 6.61. The highest BCUT2D eigenvalue weighted by atomic mass is 16.5. The number of amides is 1. The summed E-state index contributed by atoms with van der Waals surface area (Å²) < 4.78 is 13.3. The fourth-order valence-corrected chi connectivity index (χ4v) is 4.99. The molecule has 0 atom stereocenters. The van der Waals surface area contributed by atoms with Crippen LogP contribution in [-0.2, 0) is 22.6 Å². The number of aryl methyl sites for hydroxylation is 1. The topological polar surface area (TPSA) is 111 Å². The van der Waals surface area contributed by atoms with Gasteiger partial charge in [0.05, 0.1) is 30.1 Å². The molecule has 1 N–H and O–H groups in total. The lowest BCUT2D eigenvalue weighted by Gasteiger charge is -2.32. The normalized spacial score (nSPS) is 15.9. The van der Waals surface area contributed by atoms with Crippen molar-refractivity contribution >= 4 is 34.3 Å². The first kappa shape index (κ1) is 24.3. The molecule has 0 unspecified atom stereocenters. The first-order chi connectivity index (χ1) is 18.6. The second-order valence-corrected chi connectivity index (χ2v) is 9.30. The van der Waals surface area contributed by atoms with Crippen molar-refractivity contribution in [2.75, 3.05) is 49.7 Å². The summed E-state index contributed by atoms with van der Waals surface area (Å²) in [5, 5.41) is 11.8. The number of nitrogens with one attached hydrogen (secondary N) is 1. The Morgan fingerprint density at radius 3 is 2.74 bits per heavy atom. The molecule has 2 aliphatic rings. The molecule has 196 valence electrons. The Labute approximate surface area is 220 Å². The van der Waals surface area contributed by atoms with Gasteiger partial charge in [0, 0.05) is 55.7 Å². The third kappa shape index (κ3) is 4.66. The van der Waals surface area contributed by atoms with E-state index in [-0.39, 0.29) is 12.5 Å². The number of morpholine rings is 1. The Morgan fingerprint density at radius 2 is 1.92 bits per heavy atom. The number of carbonyl (C=O) groups is 1. The summed E-state index contributed by atoms with van der Waals surface area (Å²) in [6, 6.07) is 11.9. The van der Waals surface area contributed by atoms with E-state index in [1.807, 2.05) is 48.9 Å². The highest BCUT2D eigenvalue weighted by molar-refractivity contribution is 5.99. The van der Waals surface area contributed by atoms with Crippen molar-refractivity contribution in [1.82, 2.24) is 29.9 Å². The maximum atomic E-state index is 12.6. The zero-order chi connectivity index (χ0) is 26.1. The maximum Gasteiger partial charge on any atom is 0.265 e. The van der Waals surface area contributed by atoms with Gasteiger partial charge in [-0.25, -0.2) is 14.6 Å². The average Bonchev–Trinajstić information content (AvgIpc) is 3.36. The Bertz CT molecular complexity index is 1480. The highest BCUT2D eigenvalue weighted by Gasteiger charge is 2.28. The molecular formula is C27H30N8O3. The van der Waals surface area contributed by atoms with Crippen LogP contribution in [0.5, 0.6) is 5.75 Å². The number of anilines is 3. The van der Waals surface area contributed by atoms with Crippen molar-refractivity contribution in [2.45, 2.75) is 26.9 Å². The second kappa shape index (κ2) is 10.3. The van der Waals surface area contributed by atoms with Crippen LogP contribution < -0.4 is 15.0 Å². The van der Waals surface area contributed by atoms with E-state index in [4.69, 9.17) is 14.5 Å². The molecule has 0 bridgehead atoms. The van der Waals surface area contributed by atoms with Gasteiger partial charge in [0.15, 0.2) is 6.61 Å². The van der Waals surface area contributed by atoms with Crippen molar-refractivity contribution in [3.05, 3.63) is 48.2 Å². The lowest BCUT2D eigenvalue weighted by molar-refractivity contribution is -0.121. The summed E-state index contributed by atoms with van der Waals surface area (Å²) in [6.07, 6.45) is 1.74. The molecule has 11 heteroatoms. The summed E-state index contributed by atoms with van der Waals surface area (Å²) in [4.78, 5) is 26.0. The van der Waals surface area contributed by atoms with E-state index in [1.165, 1.54) is 0 Å². The quantitative estimate of drug-likeness (QED) is 0.397. The molecule has 0 radical (unpaired) electrons. The monoisotopic (exact) mass is 514 g/mol. The van der Waals surface area contributed by atoms with Gasteiger partial charge in [0.25, 0.3) is 5.91 Å². The largest absolute Gasteiger partial charge is 0.481 e. The summed E-state index contributed by atoms with van der Waals surface area (Å²) in [6.45, 7) is 9.18. The van der Waals surface area contributed by atoms with Gasteiger partial charge in [0.1, 0.15) is 11.3 Å². The standard InChI is InChI=1S/C27H30N8O3/c1-3-34-24-15-20(13-19(26(24)38-17-25(34)36)16-33-9-11-37-12-10-33)29-27-28-8-7-21(30-27)18-5-6-22-23(14-18)35(4-2)32-31-22/h5-8,13-15H,3-4,9-12,16-17H2,1-2H3,(H,28,29,30). The molecule has 0 spiro atoms. The zero-order valence-corrected chi connectivity index (χ0v) is 21.6. The van der Waals surface area contributed by atoms with Crippen LogP contribution in [-0.4, -0.2) is 75.2 Å². The van der Waals surface area contributed by atoms with Crippen LogP contribution in [0.1, 0.15) is 19.4 Å². The van der Waals surface area contributed by atoms with Crippen LogP contribution in [0, 0.1) is 0 Å². The van der Waals surface area contributed by atoms with Crippen LogP contribution in [0.25, 0.3) is 22.3 Å². The summed E-state index contributed by atoms with van der Waals surface area (Å²) >= 11 is 0. The molecule has 2 aliphatic heterocycles. The maximum absolute atomic E-state index is 12.6. The SMILES string of the molecule is CCN1C(=O)COc2c(CN3CCOCC3)cc(Nc3nccc(-c4ccc5nnn(CC)c5c4)n3)cc21. The van der Waals surface area contributed by atoms with Crippen LogP contribution in [0.2, 0.25) is 0 Å². The summed E-state index contributed by atoms with van der Waals surface area (Å²) in [7, 11) is 0. The molecule has 4 heterocycles. The molecule has 1 saturated heterocycles. The lowest BCUT2D eigenvalue weighted by Crippen LogP contribution is -2.40. The number of nitrogens with zero attached hydrogens (tertiary/aromatic N) is 7. The number of benzene rings is 2. The minimum absolute atomic E-state index is 0.0473. The van der Waals surface area contributed by atoms with Crippen molar-refractivity contribution in [3.63, 3.8) is 0 Å². The van der Waals surface area contributed by atoms with Crippen molar-refractivity contribution < 1.29 is 14.3 Å². The molecule has 2 aromatic carbocycles. The smallest absolute Gasteiger partial charge is 0.265 e. The van der Waals surface area contributed by atoms with Gasteiger partial charge >= 0.3 is 0 Å². The molecular weight excluding hydrogens is 484 g/mol. The molecule has 1 fully saturated rings. The molecule has 11 nitrogen and oxygen atoms in total. The number of hydrogen-bond acceptors (Lipinski definition) is 9. The van der Waals surface area contributed by atoms with Gasteiger partial charge in [-0.05, 0) is 44.2 Å². The number of likely N-dealkylation sites (N-methyl/N-ethyl adjacent to an activating group) is 1. The lowest BCUT2D eigenvalue weighted by atomic mass is 10.1. The molecule has 0 aliphatic carbocycles. The number of hydrogen-bond donors (Lipinski definition) is 1. The van der Waals surface area contributed by atoms with E-state index >= 15 is 0 Å². The van der Waals surface area contributed by atoms with E-state index in [0.29, 0.717) is 32.3 Å². The van der Waals surface area contributed by atoms with E-state index in [1.54, 1.807) is 11.1 Å². The number of ether oxygens (including phenoxy) is 2. The number of rotatable bonds is 7. The van der Waals surface area contributed by atoms with Gasteiger partial charge in [-0.3, -0.25) is 9.69 Å². The van der Waals surface area contributed by atoms with Crippen molar-refractivity contribution in [2.24, 2.45) is 0 Å². The van der Waals surface area contributed by atoms with Crippen LogP contribution in [0.15, 0.2) is 42.6 Å². The van der Waals surface area contributed by atoms with Gasteiger partial charge in [-0.15, -0.1) is 5.10 Å². The predicted molar refractivity (Wildman–Crippen MR) is 144 cm³/mol. The van der Waals surface area contributed by atoms with Gasteiger partial charge in [0.2, 0.25) is 5.95 Å². The zero-order valence-electron chi connectivity index (χ0n) is 21.6. The van der Waals surface area contributed by atoms with E-state index in [0.717, 1.165) is 64.6 Å². The van der Waals surface area contributed by atoms with Crippen LogP contribution in [0.4, 0.5) is 17.3 Å². The Morgan fingerprint density at radius 1 is 1.05 bits per heavy atom. The predicted octanol–water partition coefficient (Wildman–Crippen LogP) is 3.23. The number of carbonyl (C=O) groups excluding carboxylic acids is 1. The highest BCUT2D eigenvalue weighted by Crippen LogP contribution is 2.39. The Hall–Kier alpha value is -4.09. The van der Waals surface area contributed by atoms with Gasteiger partial charge < -0.3 is 19.7 Å². The fourth-order valence-electron chi connectivity index (χ4n) is 4.99. The van der Waals surface area contributed by atoms with Crippen LogP contribution in [0.3, 0.4) is 0 Å². The average molecular weight is 515 g/mol. The van der Waals surface area contributed by atoms with Gasteiger partial charge in [-0.1, -0.05) is 11.3 Å². The Balaban J connectivity index is 1.34. The first-order valence-electron chi connectivity index (χ1n) is 13.0. The molecule has 1 amide bonds. The molecule has 6 rings (SSSR count). The minimum atomic E-state index is -0.0519. The van der Waals surface area contributed by atoms with E-state index in [2.05, 4.69) is 31.6 Å². The van der Waals surface area contributed by atoms with Crippen molar-refractivity contribution in [1.29, 1.82) is 0 Å².